The van der Waals surface area contributed by atoms with Gasteiger partial charge in [-0.15, -0.1) is 24.0 Å². The van der Waals surface area contributed by atoms with Crippen LogP contribution < -0.4 is 15.5 Å². The molecule has 3 aromatic rings. The van der Waals surface area contributed by atoms with Crippen molar-refractivity contribution < 1.29 is 4.39 Å². The Morgan fingerprint density at radius 2 is 1.88 bits per heavy atom. The van der Waals surface area contributed by atoms with E-state index in [0.29, 0.717) is 6.04 Å². The molecule has 0 bridgehead atoms. The molecule has 1 fully saturated rings. The van der Waals surface area contributed by atoms with Crippen LogP contribution in [-0.4, -0.2) is 53.4 Å². The molecule has 1 aromatic carbocycles. The lowest BCUT2D eigenvalue weighted by Gasteiger charge is -2.33. The fraction of sp³-hybridized carbons (Fsp3) is 0.375. The van der Waals surface area contributed by atoms with Crippen LogP contribution in [0.5, 0.6) is 0 Å². The summed E-state index contributed by atoms with van der Waals surface area (Å²) in [5.41, 5.74) is 2.99. The third kappa shape index (κ3) is 6.89. The summed E-state index contributed by atoms with van der Waals surface area (Å²) in [6, 6.07) is 12.9. The number of benzene rings is 1. The van der Waals surface area contributed by atoms with Gasteiger partial charge in [-0.05, 0) is 61.7 Å². The minimum Gasteiger partial charge on any atom is -0.356 e. The van der Waals surface area contributed by atoms with E-state index < -0.39 is 0 Å². The normalized spacial score (nSPS) is 14.6. The van der Waals surface area contributed by atoms with Gasteiger partial charge in [-0.2, -0.15) is 5.10 Å². The quantitative estimate of drug-likeness (QED) is 0.272. The molecule has 1 aliphatic rings. The number of anilines is 1. The molecule has 2 N–H and O–H groups in total. The Bertz CT molecular complexity index is 1030. The minimum absolute atomic E-state index is 0. The van der Waals surface area contributed by atoms with Crippen LogP contribution in [0.25, 0.3) is 5.69 Å². The number of guanidine groups is 1. The molecule has 0 aliphatic carbocycles. The van der Waals surface area contributed by atoms with Gasteiger partial charge in [0.25, 0.3) is 0 Å². The zero-order valence-corrected chi connectivity index (χ0v) is 21.4. The van der Waals surface area contributed by atoms with Crippen molar-refractivity contribution in [2.24, 2.45) is 4.99 Å². The number of hydrogen-bond donors (Lipinski definition) is 2. The number of nitrogens with one attached hydrogen (secondary N) is 2. The Labute approximate surface area is 211 Å². The lowest BCUT2D eigenvalue weighted by Crippen LogP contribution is -2.49. The van der Waals surface area contributed by atoms with E-state index in [9.17, 15) is 4.39 Å². The Balaban J connectivity index is 0.00000306. The molecule has 0 atom stereocenters. The second kappa shape index (κ2) is 12.0. The minimum atomic E-state index is -0.248. The summed E-state index contributed by atoms with van der Waals surface area (Å²) >= 11 is 0. The van der Waals surface area contributed by atoms with E-state index >= 15 is 0 Å². The summed E-state index contributed by atoms with van der Waals surface area (Å²) in [4.78, 5) is 11.3. The van der Waals surface area contributed by atoms with Crippen molar-refractivity contribution in [1.82, 2.24) is 25.4 Å². The average Bonchev–Trinajstić information content (AvgIpc) is 3.29. The van der Waals surface area contributed by atoms with Crippen LogP contribution in [0, 0.1) is 12.7 Å². The first-order chi connectivity index (χ1) is 15.6. The molecule has 2 aromatic heterocycles. The van der Waals surface area contributed by atoms with Crippen molar-refractivity contribution >= 4 is 35.8 Å². The van der Waals surface area contributed by atoms with E-state index in [4.69, 9.17) is 0 Å². The van der Waals surface area contributed by atoms with E-state index in [1.165, 1.54) is 17.7 Å². The lowest BCUT2D eigenvalue weighted by molar-refractivity contribution is 0.459. The Kier molecular flexibility index (Phi) is 9.04. The highest BCUT2D eigenvalue weighted by molar-refractivity contribution is 14.0. The molecule has 3 heterocycles. The molecule has 4 rings (SSSR count). The summed E-state index contributed by atoms with van der Waals surface area (Å²) in [5.74, 6) is 1.62. The van der Waals surface area contributed by atoms with Crippen LogP contribution >= 0.6 is 24.0 Å². The molecule has 0 radical (unpaired) electrons. The Morgan fingerprint density at radius 3 is 2.55 bits per heavy atom. The summed E-state index contributed by atoms with van der Waals surface area (Å²) in [6.45, 7) is 4.74. The van der Waals surface area contributed by atoms with Gasteiger partial charge in [-0.3, -0.25) is 4.99 Å². The molecule has 0 saturated carbocycles. The van der Waals surface area contributed by atoms with Crippen LogP contribution in [0.15, 0.2) is 59.9 Å². The molecule has 176 valence electrons. The maximum Gasteiger partial charge on any atom is 0.191 e. The third-order valence-corrected chi connectivity index (χ3v) is 5.69. The number of halogens is 2. The maximum atomic E-state index is 13.1. The molecule has 0 unspecified atom stereocenters. The van der Waals surface area contributed by atoms with Gasteiger partial charge in [-0.1, -0.05) is 6.07 Å². The first-order valence-electron chi connectivity index (χ1n) is 11.1. The SMILES string of the molecule is CN=C(NCCc1ccn(-c2ccc(F)cc2)n1)NC1CCN(c2ccc(C)cn2)CC1.I. The van der Waals surface area contributed by atoms with Crippen molar-refractivity contribution in [3.8, 4) is 5.69 Å². The van der Waals surface area contributed by atoms with Gasteiger partial charge in [0, 0.05) is 51.5 Å². The number of piperidine rings is 1. The molecule has 0 spiro atoms. The average molecular weight is 563 g/mol. The van der Waals surface area contributed by atoms with Crippen molar-refractivity contribution in [1.29, 1.82) is 0 Å². The maximum absolute atomic E-state index is 13.1. The lowest BCUT2D eigenvalue weighted by atomic mass is 10.1. The van der Waals surface area contributed by atoms with Crippen LogP contribution in [0.4, 0.5) is 10.2 Å². The monoisotopic (exact) mass is 563 g/mol. The van der Waals surface area contributed by atoms with E-state index in [1.54, 1.807) is 23.9 Å². The topological polar surface area (TPSA) is 70.4 Å². The first kappa shape index (κ1) is 24.9. The van der Waals surface area contributed by atoms with Crippen LogP contribution in [0.1, 0.15) is 24.1 Å². The molecular weight excluding hydrogens is 532 g/mol. The van der Waals surface area contributed by atoms with Crippen molar-refractivity contribution in [2.75, 3.05) is 31.6 Å². The smallest absolute Gasteiger partial charge is 0.191 e. The van der Waals surface area contributed by atoms with Crippen LogP contribution in [0.3, 0.4) is 0 Å². The van der Waals surface area contributed by atoms with E-state index in [1.807, 2.05) is 18.5 Å². The number of aryl methyl sites for hydroxylation is 1. The van der Waals surface area contributed by atoms with E-state index in [2.05, 4.69) is 49.7 Å². The standard InChI is InChI=1S/C24H30FN7.HI/c1-18-3-8-23(28-17-18)31-14-10-20(11-15-31)29-24(26-2)27-13-9-21-12-16-32(30-21)22-6-4-19(25)5-7-22;/h3-8,12,16-17,20H,9-11,13-15H2,1-2H3,(H2,26,27,29);1H. The summed E-state index contributed by atoms with van der Waals surface area (Å²) in [6.07, 6.45) is 6.67. The largest absolute Gasteiger partial charge is 0.356 e. The van der Waals surface area contributed by atoms with Gasteiger partial charge in [0.2, 0.25) is 0 Å². The van der Waals surface area contributed by atoms with Crippen LogP contribution in [0.2, 0.25) is 0 Å². The number of rotatable bonds is 6. The predicted molar refractivity (Wildman–Crippen MR) is 141 cm³/mol. The van der Waals surface area contributed by atoms with Crippen molar-refractivity contribution in [2.45, 2.75) is 32.2 Å². The highest BCUT2D eigenvalue weighted by Crippen LogP contribution is 2.18. The van der Waals surface area contributed by atoms with E-state index in [-0.39, 0.29) is 29.8 Å². The second-order valence-electron chi connectivity index (χ2n) is 8.08. The highest BCUT2D eigenvalue weighted by Gasteiger charge is 2.20. The fourth-order valence-electron chi connectivity index (χ4n) is 3.83. The number of nitrogens with zero attached hydrogens (tertiary/aromatic N) is 5. The molecule has 0 amide bonds. The molecular formula is C24H31FIN7. The molecule has 7 nitrogen and oxygen atoms in total. The van der Waals surface area contributed by atoms with Gasteiger partial charge >= 0.3 is 0 Å². The van der Waals surface area contributed by atoms with Crippen LogP contribution in [-0.2, 0) is 6.42 Å². The van der Waals surface area contributed by atoms with Gasteiger partial charge in [0.05, 0.1) is 11.4 Å². The fourth-order valence-corrected chi connectivity index (χ4v) is 3.83. The Morgan fingerprint density at radius 1 is 1.12 bits per heavy atom. The summed E-state index contributed by atoms with van der Waals surface area (Å²) in [5, 5.41) is 11.5. The molecule has 1 saturated heterocycles. The summed E-state index contributed by atoms with van der Waals surface area (Å²) < 4.78 is 14.9. The number of aromatic nitrogens is 3. The van der Waals surface area contributed by atoms with E-state index in [0.717, 1.165) is 62.1 Å². The third-order valence-electron chi connectivity index (χ3n) is 5.69. The predicted octanol–water partition coefficient (Wildman–Crippen LogP) is 3.71. The zero-order chi connectivity index (χ0) is 22.3. The zero-order valence-electron chi connectivity index (χ0n) is 19.0. The molecule has 9 heteroatoms. The second-order valence-corrected chi connectivity index (χ2v) is 8.08. The Hall–Kier alpha value is -2.69. The van der Waals surface area contributed by atoms with Gasteiger partial charge in [0.1, 0.15) is 11.6 Å². The van der Waals surface area contributed by atoms with Crippen molar-refractivity contribution in [3.63, 3.8) is 0 Å². The molecule has 1 aliphatic heterocycles. The highest BCUT2D eigenvalue weighted by atomic mass is 127. The molecule has 33 heavy (non-hydrogen) atoms. The number of pyridine rings is 1. The number of hydrogen-bond acceptors (Lipinski definition) is 4. The summed E-state index contributed by atoms with van der Waals surface area (Å²) in [7, 11) is 1.80. The van der Waals surface area contributed by atoms with Gasteiger partial charge in [0.15, 0.2) is 5.96 Å². The van der Waals surface area contributed by atoms with Gasteiger partial charge in [-0.25, -0.2) is 14.1 Å². The number of aliphatic imine (C=N–C) groups is 1. The van der Waals surface area contributed by atoms with Gasteiger partial charge < -0.3 is 15.5 Å². The first-order valence-corrected chi connectivity index (χ1v) is 11.1. The van der Waals surface area contributed by atoms with Crippen molar-refractivity contribution in [3.05, 3.63) is 71.9 Å².